The molecule has 0 aliphatic carbocycles. The van der Waals surface area contributed by atoms with Crippen LogP contribution in [0.4, 0.5) is 0 Å². The molecule has 0 spiro atoms. The van der Waals surface area contributed by atoms with Crippen LogP contribution in [0.5, 0.6) is 0 Å². The molecular weight excluding hydrogens is 331 g/mol. The SMILES string of the molecule is COC(=O)C1=C(C)N(C)C(=S)N[C@H]1c1cccc(Cl)c1Cl. The van der Waals surface area contributed by atoms with E-state index in [-0.39, 0.29) is 0 Å². The topological polar surface area (TPSA) is 41.6 Å². The number of nitrogens with one attached hydrogen (secondary N) is 1. The summed E-state index contributed by atoms with van der Waals surface area (Å²) >= 11 is 17.6. The van der Waals surface area contributed by atoms with Crippen molar-refractivity contribution in [1.29, 1.82) is 0 Å². The minimum atomic E-state index is -0.493. The molecule has 7 heteroatoms. The minimum absolute atomic E-state index is 0.387. The average molecular weight is 345 g/mol. The van der Waals surface area contributed by atoms with Crippen LogP contribution in [0, 0.1) is 0 Å². The summed E-state index contributed by atoms with van der Waals surface area (Å²) in [5.74, 6) is -0.435. The Balaban J connectivity index is 2.62. The van der Waals surface area contributed by atoms with E-state index < -0.39 is 12.0 Å². The summed E-state index contributed by atoms with van der Waals surface area (Å²) in [6.07, 6.45) is 0. The largest absolute Gasteiger partial charge is 0.466 e. The van der Waals surface area contributed by atoms with Crippen molar-refractivity contribution in [3.63, 3.8) is 0 Å². The fourth-order valence-electron chi connectivity index (χ4n) is 2.19. The van der Waals surface area contributed by atoms with Gasteiger partial charge < -0.3 is 15.0 Å². The highest BCUT2D eigenvalue weighted by Crippen LogP contribution is 2.36. The van der Waals surface area contributed by atoms with E-state index in [1.807, 2.05) is 6.92 Å². The lowest BCUT2D eigenvalue weighted by Crippen LogP contribution is -2.46. The number of carbonyl (C=O) groups is 1. The molecule has 0 saturated heterocycles. The molecule has 1 N–H and O–H groups in total. The first-order valence-electron chi connectivity index (χ1n) is 6.15. The maximum absolute atomic E-state index is 12.1. The average Bonchev–Trinajstić information content (AvgIpc) is 2.46. The van der Waals surface area contributed by atoms with Crippen LogP contribution in [0.25, 0.3) is 0 Å². The van der Waals surface area contributed by atoms with E-state index in [0.29, 0.717) is 32.0 Å². The number of esters is 1. The third-order valence-electron chi connectivity index (χ3n) is 3.45. The first kappa shape index (κ1) is 16.1. The lowest BCUT2D eigenvalue weighted by molar-refractivity contribution is -0.136. The fourth-order valence-corrected chi connectivity index (χ4v) is 2.86. The quantitative estimate of drug-likeness (QED) is 0.658. The van der Waals surface area contributed by atoms with Crippen molar-refractivity contribution in [1.82, 2.24) is 10.2 Å². The first-order valence-corrected chi connectivity index (χ1v) is 7.32. The van der Waals surface area contributed by atoms with E-state index in [1.54, 1.807) is 30.1 Å². The molecule has 0 unspecified atom stereocenters. The molecule has 2 rings (SSSR count). The van der Waals surface area contributed by atoms with Gasteiger partial charge in [-0.15, -0.1) is 0 Å². The van der Waals surface area contributed by atoms with Crippen molar-refractivity contribution >= 4 is 46.5 Å². The third-order valence-corrected chi connectivity index (χ3v) is 4.68. The summed E-state index contributed by atoms with van der Waals surface area (Å²) in [6.45, 7) is 1.81. The number of hydrogen-bond acceptors (Lipinski definition) is 3. The van der Waals surface area contributed by atoms with Gasteiger partial charge in [0, 0.05) is 12.7 Å². The molecule has 1 heterocycles. The number of hydrogen-bond donors (Lipinski definition) is 1. The van der Waals surface area contributed by atoms with Gasteiger partial charge in [-0.25, -0.2) is 4.79 Å². The summed E-state index contributed by atoms with van der Waals surface area (Å²) in [7, 11) is 3.12. The smallest absolute Gasteiger partial charge is 0.337 e. The Labute approximate surface area is 138 Å². The molecule has 0 saturated carbocycles. The molecule has 112 valence electrons. The molecule has 1 aliphatic rings. The number of nitrogens with zero attached hydrogens (tertiary/aromatic N) is 1. The second-order valence-electron chi connectivity index (χ2n) is 4.58. The van der Waals surface area contributed by atoms with Crippen molar-refractivity contribution in [2.75, 3.05) is 14.2 Å². The van der Waals surface area contributed by atoms with E-state index in [0.717, 1.165) is 0 Å². The monoisotopic (exact) mass is 344 g/mol. The molecule has 1 aromatic rings. The number of methoxy groups -OCH3 is 1. The second kappa shape index (κ2) is 6.22. The van der Waals surface area contributed by atoms with Gasteiger partial charge in [0.1, 0.15) is 0 Å². The van der Waals surface area contributed by atoms with Gasteiger partial charge in [-0.05, 0) is 30.8 Å². The Morgan fingerprint density at radius 3 is 2.71 bits per heavy atom. The highest BCUT2D eigenvalue weighted by atomic mass is 35.5. The third kappa shape index (κ3) is 2.86. The summed E-state index contributed by atoms with van der Waals surface area (Å²) in [5.41, 5.74) is 1.85. The van der Waals surface area contributed by atoms with Crippen LogP contribution in [-0.2, 0) is 9.53 Å². The number of allylic oxidation sites excluding steroid dienone is 1. The van der Waals surface area contributed by atoms with Crippen LogP contribution in [0.15, 0.2) is 29.5 Å². The number of halogens is 2. The molecule has 0 aromatic heterocycles. The number of ether oxygens (including phenoxy) is 1. The minimum Gasteiger partial charge on any atom is -0.466 e. The Hall–Kier alpha value is -1.30. The molecule has 1 atom stereocenters. The fraction of sp³-hybridized carbons (Fsp3) is 0.286. The van der Waals surface area contributed by atoms with Crippen LogP contribution in [0.1, 0.15) is 18.5 Å². The molecule has 4 nitrogen and oxygen atoms in total. The molecule has 0 fully saturated rings. The number of carbonyl (C=O) groups excluding carboxylic acids is 1. The standard InChI is InChI=1S/C14H14Cl2N2O2S/c1-7-10(13(19)20-3)12(17-14(21)18(7)2)8-5-4-6-9(15)11(8)16/h4-6,12H,1-3H3,(H,17,21)/t12-/m0/s1. The zero-order valence-electron chi connectivity index (χ0n) is 11.7. The summed E-state index contributed by atoms with van der Waals surface area (Å²) in [6, 6.07) is 4.77. The molecule has 0 amide bonds. The van der Waals surface area contributed by atoms with E-state index in [1.165, 1.54) is 7.11 Å². The summed E-state index contributed by atoms with van der Waals surface area (Å²) in [5, 5.41) is 4.41. The van der Waals surface area contributed by atoms with E-state index in [4.69, 9.17) is 40.2 Å². The van der Waals surface area contributed by atoms with Gasteiger partial charge in [-0.2, -0.15) is 0 Å². The van der Waals surface area contributed by atoms with Gasteiger partial charge >= 0.3 is 5.97 Å². The number of thiocarbonyl (C=S) groups is 1. The predicted octanol–water partition coefficient (Wildman–Crippen LogP) is 3.30. The molecular formula is C14H14Cl2N2O2S. The van der Waals surface area contributed by atoms with Crippen LogP contribution in [0.2, 0.25) is 10.0 Å². The van der Waals surface area contributed by atoms with Crippen molar-refractivity contribution < 1.29 is 9.53 Å². The first-order chi connectivity index (χ1) is 9.88. The Morgan fingerprint density at radius 1 is 1.43 bits per heavy atom. The van der Waals surface area contributed by atoms with Gasteiger partial charge in [0.05, 0.1) is 28.8 Å². The highest BCUT2D eigenvalue weighted by molar-refractivity contribution is 7.80. The molecule has 21 heavy (non-hydrogen) atoms. The molecule has 1 aliphatic heterocycles. The van der Waals surface area contributed by atoms with Crippen LogP contribution in [-0.4, -0.2) is 30.1 Å². The van der Waals surface area contributed by atoms with Crippen molar-refractivity contribution in [2.24, 2.45) is 0 Å². The maximum Gasteiger partial charge on any atom is 0.337 e. The van der Waals surface area contributed by atoms with Crippen molar-refractivity contribution in [3.05, 3.63) is 45.1 Å². The normalized spacial score (nSPS) is 18.6. The predicted molar refractivity (Wildman–Crippen MR) is 87.4 cm³/mol. The van der Waals surface area contributed by atoms with E-state index in [9.17, 15) is 4.79 Å². The maximum atomic E-state index is 12.1. The Morgan fingerprint density at radius 2 is 2.10 bits per heavy atom. The summed E-state index contributed by atoms with van der Waals surface area (Å²) < 4.78 is 4.88. The zero-order chi connectivity index (χ0) is 15.7. The van der Waals surface area contributed by atoms with E-state index >= 15 is 0 Å². The Kier molecular flexibility index (Phi) is 4.76. The molecule has 1 aromatic carbocycles. The van der Waals surface area contributed by atoms with Gasteiger partial charge in [0.25, 0.3) is 0 Å². The van der Waals surface area contributed by atoms with E-state index in [2.05, 4.69) is 5.32 Å². The van der Waals surface area contributed by atoms with Crippen LogP contribution in [0.3, 0.4) is 0 Å². The van der Waals surface area contributed by atoms with Gasteiger partial charge in [0.2, 0.25) is 0 Å². The van der Waals surface area contributed by atoms with Crippen molar-refractivity contribution in [2.45, 2.75) is 13.0 Å². The lowest BCUT2D eigenvalue weighted by Gasteiger charge is -2.35. The van der Waals surface area contributed by atoms with Crippen LogP contribution < -0.4 is 5.32 Å². The highest BCUT2D eigenvalue weighted by Gasteiger charge is 2.34. The summed E-state index contributed by atoms with van der Waals surface area (Å²) in [4.78, 5) is 13.9. The lowest BCUT2D eigenvalue weighted by atomic mass is 9.95. The number of rotatable bonds is 2. The second-order valence-corrected chi connectivity index (χ2v) is 5.75. The van der Waals surface area contributed by atoms with Gasteiger partial charge in [0.15, 0.2) is 5.11 Å². The Bertz CT molecular complexity index is 646. The zero-order valence-corrected chi connectivity index (χ0v) is 14.1. The molecule has 0 radical (unpaired) electrons. The van der Waals surface area contributed by atoms with Gasteiger partial charge in [-0.3, -0.25) is 0 Å². The molecule has 0 bridgehead atoms. The van der Waals surface area contributed by atoms with Gasteiger partial charge in [-0.1, -0.05) is 35.3 Å². The van der Waals surface area contributed by atoms with Crippen molar-refractivity contribution in [3.8, 4) is 0 Å². The van der Waals surface area contributed by atoms with Crippen LogP contribution >= 0.6 is 35.4 Å². The number of benzene rings is 1.